The van der Waals surface area contributed by atoms with Crippen molar-refractivity contribution >= 4 is 22.7 Å². The Labute approximate surface area is 206 Å². The summed E-state index contributed by atoms with van der Waals surface area (Å²) in [7, 11) is 0. The van der Waals surface area contributed by atoms with Gasteiger partial charge in [0, 0.05) is 0 Å². The van der Waals surface area contributed by atoms with E-state index in [1.807, 2.05) is 97.1 Å². The second kappa shape index (κ2) is 9.82. The normalized spacial score (nSPS) is 16.9. The third-order valence-corrected chi connectivity index (χ3v) is 6.56. The maximum absolute atomic E-state index is 13.2. The maximum Gasteiger partial charge on any atom is 0.318 e. The Morgan fingerprint density at radius 1 is 0.629 bits per heavy atom. The molecule has 5 rings (SSSR count). The van der Waals surface area contributed by atoms with Crippen molar-refractivity contribution in [2.75, 3.05) is 0 Å². The fourth-order valence-electron chi connectivity index (χ4n) is 4.83. The quantitative estimate of drug-likeness (QED) is 0.302. The van der Waals surface area contributed by atoms with Crippen molar-refractivity contribution in [3.63, 3.8) is 0 Å². The number of aliphatic carboxylic acids is 1. The van der Waals surface area contributed by atoms with Crippen LogP contribution in [-0.2, 0) is 4.79 Å². The van der Waals surface area contributed by atoms with Crippen LogP contribution in [0.25, 0.3) is 16.7 Å². The Morgan fingerprint density at radius 3 is 1.51 bits per heavy atom. The fourth-order valence-corrected chi connectivity index (χ4v) is 4.83. The van der Waals surface area contributed by atoms with Gasteiger partial charge in [-0.25, -0.2) is 0 Å². The lowest BCUT2D eigenvalue weighted by Gasteiger charge is -2.34. The molecule has 2 nitrogen and oxygen atoms in total. The summed E-state index contributed by atoms with van der Waals surface area (Å²) in [5.74, 6) is -0.861. The van der Waals surface area contributed by atoms with Crippen LogP contribution in [-0.4, -0.2) is 11.1 Å². The molecule has 1 aliphatic rings. The summed E-state index contributed by atoms with van der Waals surface area (Å²) in [6, 6.07) is 40.2. The van der Waals surface area contributed by atoms with E-state index >= 15 is 0 Å². The van der Waals surface area contributed by atoms with Gasteiger partial charge in [0.2, 0.25) is 0 Å². The van der Waals surface area contributed by atoms with Crippen LogP contribution in [0.4, 0.5) is 0 Å². The second-order valence-electron chi connectivity index (χ2n) is 8.69. The highest BCUT2D eigenvalue weighted by atomic mass is 16.4. The highest BCUT2D eigenvalue weighted by molar-refractivity contribution is 6.09. The first-order valence-electron chi connectivity index (χ1n) is 11.8. The van der Waals surface area contributed by atoms with Gasteiger partial charge in [-0.2, -0.15) is 0 Å². The van der Waals surface area contributed by atoms with Crippen molar-refractivity contribution in [3.8, 4) is 0 Å². The van der Waals surface area contributed by atoms with E-state index in [0.717, 1.165) is 39.0 Å². The number of allylic oxidation sites excluding steroid dienone is 3. The Balaban J connectivity index is 1.79. The number of rotatable bonds is 6. The molecule has 0 saturated carbocycles. The summed E-state index contributed by atoms with van der Waals surface area (Å²) in [5, 5.41) is 10.8. The van der Waals surface area contributed by atoms with Crippen molar-refractivity contribution in [2.24, 2.45) is 5.41 Å². The summed E-state index contributed by atoms with van der Waals surface area (Å²) in [6.45, 7) is 0. The predicted molar refractivity (Wildman–Crippen MR) is 143 cm³/mol. The Kier molecular flexibility index (Phi) is 6.28. The fraction of sp³-hybridized carbons (Fsp3) is 0.0606. The van der Waals surface area contributed by atoms with Gasteiger partial charge in [0.1, 0.15) is 5.41 Å². The maximum atomic E-state index is 13.2. The van der Waals surface area contributed by atoms with Crippen LogP contribution in [0.15, 0.2) is 140 Å². The topological polar surface area (TPSA) is 37.3 Å². The molecule has 0 spiro atoms. The zero-order chi connectivity index (χ0) is 24.1. The number of benzene rings is 4. The first-order valence-corrected chi connectivity index (χ1v) is 11.8. The lowest BCUT2D eigenvalue weighted by atomic mass is 9.68. The molecule has 2 heteroatoms. The first kappa shape index (κ1) is 22.4. The monoisotopic (exact) mass is 454 g/mol. The summed E-state index contributed by atoms with van der Waals surface area (Å²) in [5.41, 5.74) is 5.51. The zero-order valence-corrected chi connectivity index (χ0v) is 19.3. The molecule has 4 aromatic carbocycles. The van der Waals surface area contributed by atoms with E-state index in [9.17, 15) is 9.90 Å². The van der Waals surface area contributed by atoms with Gasteiger partial charge >= 0.3 is 5.97 Å². The number of carboxylic acids is 1. The molecule has 0 radical (unpaired) electrons. The predicted octanol–water partition coefficient (Wildman–Crippen LogP) is 7.76. The summed E-state index contributed by atoms with van der Waals surface area (Å²) < 4.78 is 0. The second-order valence-corrected chi connectivity index (χ2v) is 8.69. The average Bonchev–Trinajstić information content (AvgIpc) is 2.93. The van der Waals surface area contributed by atoms with E-state index in [2.05, 4.69) is 42.5 Å². The molecule has 0 fully saturated rings. The molecule has 1 aliphatic carbocycles. The average molecular weight is 455 g/mol. The van der Waals surface area contributed by atoms with Gasteiger partial charge in [0.05, 0.1) is 0 Å². The molecular weight excluding hydrogens is 428 g/mol. The number of carboxylic acid groups (broad SMARTS) is 1. The third-order valence-electron chi connectivity index (χ3n) is 6.56. The summed E-state index contributed by atoms with van der Waals surface area (Å²) in [6.07, 6.45) is 6.26. The number of hydrogen-bond acceptors (Lipinski definition) is 1. The van der Waals surface area contributed by atoms with E-state index in [1.54, 1.807) is 0 Å². The van der Waals surface area contributed by atoms with Gasteiger partial charge < -0.3 is 5.11 Å². The molecule has 0 amide bonds. The minimum absolute atomic E-state index is 0.358. The molecule has 35 heavy (non-hydrogen) atoms. The van der Waals surface area contributed by atoms with Crippen molar-refractivity contribution in [3.05, 3.63) is 162 Å². The Morgan fingerprint density at radius 2 is 1.09 bits per heavy atom. The first-order chi connectivity index (χ1) is 17.2. The van der Waals surface area contributed by atoms with Crippen LogP contribution < -0.4 is 0 Å². The molecule has 4 aromatic rings. The molecular formula is C33H26O2. The van der Waals surface area contributed by atoms with Crippen molar-refractivity contribution < 1.29 is 9.90 Å². The molecule has 0 aromatic heterocycles. The zero-order valence-electron chi connectivity index (χ0n) is 19.3. The van der Waals surface area contributed by atoms with Gasteiger partial charge in [0.15, 0.2) is 0 Å². The minimum Gasteiger partial charge on any atom is -0.480 e. The van der Waals surface area contributed by atoms with Crippen LogP contribution in [0.2, 0.25) is 0 Å². The molecule has 1 atom stereocenters. The van der Waals surface area contributed by atoms with Gasteiger partial charge in [-0.05, 0) is 45.4 Å². The van der Waals surface area contributed by atoms with Gasteiger partial charge in [-0.1, -0.05) is 140 Å². The SMILES string of the molecule is O=C(O)C1(C(=C(c2ccccc2)c2ccccc2)c2ccccc2)C=CC(c2ccccc2)=CC1. The number of hydrogen-bond donors (Lipinski definition) is 1. The summed E-state index contributed by atoms with van der Waals surface area (Å²) >= 11 is 0. The van der Waals surface area contributed by atoms with Gasteiger partial charge in [-0.3, -0.25) is 4.79 Å². The van der Waals surface area contributed by atoms with Crippen LogP contribution >= 0.6 is 0 Å². The van der Waals surface area contributed by atoms with Crippen LogP contribution in [0.1, 0.15) is 28.7 Å². The van der Waals surface area contributed by atoms with Crippen molar-refractivity contribution in [2.45, 2.75) is 6.42 Å². The van der Waals surface area contributed by atoms with Crippen molar-refractivity contribution in [1.29, 1.82) is 0 Å². The van der Waals surface area contributed by atoms with Gasteiger partial charge in [0.25, 0.3) is 0 Å². The molecule has 0 heterocycles. The van der Waals surface area contributed by atoms with E-state index in [0.29, 0.717) is 6.42 Å². The standard InChI is InChI=1S/C33H26O2/c34-32(35)33(23-21-26(22-24-33)25-13-5-1-6-14-25)31(29-19-11-4-12-20-29)30(27-15-7-2-8-16-27)28-17-9-3-10-18-28/h1-23H,24H2,(H,34,35). The van der Waals surface area contributed by atoms with Crippen molar-refractivity contribution in [1.82, 2.24) is 0 Å². The molecule has 170 valence electrons. The Bertz CT molecular complexity index is 1360. The molecule has 0 saturated heterocycles. The largest absolute Gasteiger partial charge is 0.480 e. The molecule has 1 unspecified atom stereocenters. The summed E-state index contributed by atoms with van der Waals surface area (Å²) in [4.78, 5) is 13.2. The molecule has 0 bridgehead atoms. The highest BCUT2D eigenvalue weighted by Crippen LogP contribution is 2.49. The highest BCUT2D eigenvalue weighted by Gasteiger charge is 2.43. The van der Waals surface area contributed by atoms with E-state index in [4.69, 9.17) is 0 Å². The van der Waals surface area contributed by atoms with Gasteiger partial charge in [-0.15, -0.1) is 0 Å². The lowest BCUT2D eigenvalue weighted by molar-refractivity contribution is -0.142. The number of carbonyl (C=O) groups is 1. The van der Waals surface area contributed by atoms with Crippen LogP contribution in [0, 0.1) is 5.41 Å². The minimum atomic E-state index is -1.22. The van der Waals surface area contributed by atoms with E-state index in [1.165, 1.54) is 0 Å². The molecule has 0 aliphatic heterocycles. The third kappa shape index (κ3) is 4.39. The Hall–Kier alpha value is -4.43. The van der Waals surface area contributed by atoms with Crippen LogP contribution in [0.5, 0.6) is 0 Å². The van der Waals surface area contributed by atoms with E-state index in [-0.39, 0.29) is 0 Å². The lowest BCUT2D eigenvalue weighted by Crippen LogP contribution is -2.32. The van der Waals surface area contributed by atoms with E-state index < -0.39 is 11.4 Å². The van der Waals surface area contributed by atoms with Crippen LogP contribution in [0.3, 0.4) is 0 Å². The smallest absolute Gasteiger partial charge is 0.318 e. The molecule has 1 N–H and O–H groups in total.